The molecule has 0 fully saturated rings. The third kappa shape index (κ3) is 3.37. The van der Waals surface area contributed by atoms with E-state index in [-0.39, 0.29) is 22.1 Å². The van der Waals surface area contributed by atoms with Gasteiger partial charge >= 0.3 is 0 Å². The summed E-state index contributed by atoms with van der Waals surface area (Å²) in [5, 5.41) is 0. The van der Waals surface area contributed by atoms with Crippen molar-refractivity contribution in [3.05, 3.63) is 35.7 Å². The zero-order valence-corrected chi connectivity index (χ0v) is 12.2. The van der Waals surface area contributed by atoms with Crippen LogP contribution in [0.5, 0.6) is 0 Å². The standard InChI is InChI=1S/C14H19FN2O2S/c1-10-7-12(16)8-13(14(10)15)20(18,19)17-9-11-5-3-2-4-6-11/h2-3,7-8,11,17H,4-6,9,16H2,1H3. The van der Waals surface area contributed by atoms with Crippen LogP contribution in [-0.4, -0.2) is 15.0 Å². The molecule has 6 heteroatoms. The summed E-state index contributed by atoms with van der Waals surface area (Å²) in [6.07, 6.45) is 6.89. The Kier molecular flexibility index (Phi) is 4.45. The van der Waals surface area contributed by atoms with Gasteiger partial charge in [0.25, 0.3) is 0 Å². The lowest BCUT2D eigenvalue weighted by Crippen LogP contribution is -2.30. The van der Waals surface area contributed by atoms with Gasteiger partial charge in [0.15, 0.2) is 0 Å². The summed E-state index contributed by atoms with van der Waals surface area (Å²) in [5.74, 6) is -0.477. The number of hydrogen-bond donors (Lipinski definition) is 2. The van der Waals surface area contributed by atoms with Crippen LogP contribution in [0.4, 0.5) is 10.1 Å². The highest BCUT2D eigenvalue weighted by Crippen LogP contribution is 2.22. The van der Waals surface area contributed by atoms with Gasteiger partial charge in [-0.2, -0.15) is 0 Å². The normalized spacial score (nSPS) is 19.2. The maximum absolute atomic E-state index is 14.0. The molecule has 4 nitrogen and oxygen atoms in total. The minimum atomic E-state index is -3.86. The molecule has 110 valence electrons. The molecule has 0 aromatic heterocycles. The molecular formula is C14H19FN2O2S. The molecule has 0 amide bonds. The van der Waals surface area contributed by atoms with Crippen molar-refractivity contribution in [2.24, 2.45) is 5.92 Å². The summed E-state index contributed by atoms with van der Waals surface area (Å²) < 4.78 is 40.8. The van der Waals surface area contributed by atoms with E-state index < -0.39 is 15.8 Å². The van der Waals surface area contributed by atoms with E-state index in [4.69, 9.17) is 5.73 Å². The molecule has 0 radical (unpaired) electrons. The minimum absolute atomic E-state index is 0.228. The second kappa shape index (κ2) is 5.93. The average Bonchev–Trinajstić information content (AvgIpc) is 2.42. The van der Waals surface area contributed by atoms with Gasteiger partial charge in [-0.05, 0) is 49.8 Å². The third-order valence-electron chi connectivity index (χ3n) is 3.47. The maximum atomic E-state index is 14.0. The Bertz CT molecular complexity index is 626. The highest BCUT2D eigenvalue weighted by Gasteiger charge is 2.22. The first-order valence-corrected chi connectivity index (χ1v) is 8.09. The topological polar surface area (TPSA) is 72.2 Å². The van der Waals surface area contributed by atoms with Crippen LogP contribution in [0.25, 0.3) is 0 Å². The molecule has 1 aliphatic carbocycles. The van der Waals surface area contributed by atoms with Crippen LogP contribution in [0.1, 0.15) is 24.8 Å². The fourth-order valence-electron chi connectivity index (χ4n) is 2.31. The quantitative estimate of drug-likeness (QED) is 0.662. The van der Waals surface area contributed by atoms with Crippen LogP contribution in [0.2, 0.25) is 0 Å². The number of aryl methyl sites for hydroxylation is 1. The molecule has 0 aliphatic heterocycles. The largest absolute Gasteiger partial charge is 0.399 e. The molecule has 20 heavy (non-hydrogen) atoms. The van der Waals surface area contributed by atoms with Crippen LogP contribution < -0.4 is 10.5 Å². The van der Waals surface area contributed by atoms with Crippen molar-refractivity contribution in [1.82, 2.24) is 4.72 Å². The molecular weight excluding hydrogens is 279 g/mol. The van der Waals surface area contributed by atoms with E-state index in [1.807, 2.05) is 6.08 Å². The molecule has 1 aromatic carbocycles. The van der Waals surface area contributed by atoms with Crippen molar-refractivity contribution in [1.29, 1.82) is 0 Å². The number of sulfonamides is 1. The lowest BCUT2D eigenvalue weighted by molar-refractivity contribution is 0.466. The second-order valence-electron chi connectivity index (χ2n) is 5.15. The zero-order chi connectivity index (χ0) is 14.8. The zero-order valence-electron chi connectivity index (χ0n) is 11.4. The Morgan fingerprint density at radius 1 is 1.40 bits per heavy atom. The van der Waals surface area contributed by atoms with Crippen molar-refractivity contribution < 1.29 is 12.8 Å². The minimum Gasteiger partial charge on any atom is -0.399 e. The SMILES string of the molecule is Cc1cc(N)cc(S(=O)(=O)NCC2CC=CCC2)c1F. The number of rotatable bonds is 4. The fraction of sp³-hybridized carbons (Fsp3) is 0.429. The molecule has 1 unspecified atom stereocenters. The van der Waals surface area contributed by atoms with Gasteiger partial charge in [0.05, 0.1) is 0 Å². The summed E-state index contributed by atoms with van der Waals surface area (Å²) in [5.41, 5.74) is 6.06. The van der Waals surface area contributed by atoms with Crippen molar-refractivity contribution in [2.45, 2.75) is 31.1 Å². The summed E-state index contributed by atoms with van der Waals surface area (Å²) in [4.78, 5) is -0.374. The first-order valence-electron chi connectivity index (χ1n) is 6.60. The van der Waals surface area contributed by atoms with Gasteiger partial charge in [-0.1, -0.05) is 12.2 Å². The molecule has 0 saturated carbocycles. The lowest BCUT2D eigenvalue weighted by atomic mass is 9.95. The fourth-order valence-corrected chi connectivity index (χ4v) is 3.61. The molecule has 1 atom stereocenters. The van der Waals surface area contributed by atoms with Gasteiger partial charge in [0, 0.05) is 12.2 Å². The number of halogens is 1. The Balaban J connectivity index is 2.16. The number of hydrogen-bond acceptors (Lipinski definition) is 3. The van der Waals surface area contributed by atoms with E-state index in [0.29, 0.717) is 6.54 Å². The van der Waals surface area contributed by atoms with E-state index in [1.165, 1.54) is 13.0 Å². The predicted molar refractivity (Wildman–Crippen MR) is 77.2 cm³/mol. The molecule has 1 aliphatic rings. The first-order chi connectivity index (χ1) is 9.40. The van der Waals surface area contributed by atoms with Crippen molar-refractivity contribution in [3.63, 3.8) is 0 Å². The van der Waals surface area contributed by atoms with Crippen molar-refractivity contribution in [2.75, 3.05) is 12.3 Å². The Morgan fingerprint density at radius 2 is 2.15 bits per heavy atom. The maximum Gasteiger partial charge on any atom is 0.243 e. The average molecular weight is 298 g/mol. The van der Waals surface area contributed by atoms with E-state index in [2.05, 4.69) is 10.8 Å². The third-order valence-corrected chi connectivity index (χ3v) is 4.90. The van der Waals surface area contributed by atoms with E-state index >= 15 is 0 Å². The highest BCUT2D eigenvalue weighted by atomic mass is 32.2. The van der Waals surface area contributed by atoms with E-state index in [9.17, 15) is 12.8 Å². The van der Waals surface area contributed by atoms with Crippen LogP contribution in [0, 0.1) is 18.7 Å². The summed E-state index contributed by atoms with van der Waals surface area (Å²) in [6.45, 7) is 1.82. The van der Waals surface area contributed by atoms with Gasteiger partial charge in [-0.3, -0.25) is 0 Å². The van der Waals surface area contributed by atoms with Gasteiger partial charge < -0.3 is 5.73 Å². The number of benzene rings is 1. The van der Waals surface area contributed by atoms with E-state index in [1.54, 1.807) is 0 Å². The number of nitrogens with one attached hydrogen (secondary N) is 1. The van der Waals surface area contributed by atoms with Gasteiger partial charge in [0.2, 0.25) is 10.0 Å². The Morgan fingerprint density at radius 3 is 2.80 bits per heavy atom. The number of nitrogens with two attached hydrogens (primary N) is 1. The molecule has 1 aromatic rings. The summed E-state index contributed by atoms with van der Waals surface area (Å²) >= 11 is 0. The number of anilines is 1. The summed E-state index contributed by atoms with van der Waals surface area (Å²) in [7, 11) is -3.86. The monoisotopic (exact) mass is 298 g/mol. The number of nitrogen functional groups attached to an aromatic ring is 1. The molecule has 0 spiro atoms. The molecule has 2 rings (SSSR count). The Hall–Kier alpha value is -1.40. The van der Waals surface area contributed by atoms with Gasteiger partial charge in [-0.25, -0.2) is 17.5 Å². The van der Waals surface area contributed by atoms with Gasteiger partial charge in [0.1, 0.15) is 10.7 Å². The van der Waals surface area contributed by atoms with Crippen LogP contribution >= 0.6 is 0 Å². The second-order valence-corrected chi connectivity index (χ2v) is 6.89. The van der Waals surface area contributed by atoms with Gasteiger partial charge in [-0.15, -0.1) is 0 Å². The molecule has 0 heterocycles. The van der Waals surface area contributed by atoms with Crippen molar-refractivity contribution in [3.8, 4) is 0 Å². The highest BCUT2D eigenvalue weighted by molar-refractivity contribution is 7.89. The van der Waals surface area contributed by atoms with Crippen LogP contribution in [0.15, 0.2) is 29.2 Å². The van der Waals surface area contributed by atoms with Crippen molar-refractivity contribution >= 4 is 15.7 Å². The van der Waals surface area contributed by atoms with E-state index in [0.717, 1.165) is 25.3 Å². The van der Waals surface area contributed by atoms with Crippen LogP contribution in [0.3, 0.4) is 0 Å². The van der Waals surface area contributed by atoms with Crippen LogP contribution in [-0.2, 0) is 10.0 Å². The number of allylic oxidation sites excluding steroid dienone is 2. The molecule has 0 bridgehead atoms. The smallest absolute Gasteiger partial charge is 0.243 e. The predicted octanol–water partition coefficient (Wildman–Crippen LogP) is 2.35. The lowest BCUT2D eigenvalue weighted by Gasteiger charge is -2.18. The molecule has 0 saturated heterocycles. The first kappa shape index (κ1) is 15.0. The Labute approximate surface area is 118 Å². The summed E-state index contributed by atoms with van der Waals surface area (Å²) in [6, 6.07) is 2.58. The molecule has 3 N–H and O–H groups in total.